The molecule has 0 unspecified atom stereocenters. The molecule has 86 valence electrons. The fourth-order valence-corrected chi connectivity index (χ4v) is 1.20. The van der Waals surface area contributed by atoms with Crippen LogP contribution in [0.3, 0.4) is 0 Å². The van der Waals surface area contributed by atoms with Gasteiger partial charge in [0.2, 0.25) is 0 Å². The molecule has 2 heteroatoms. The summed E-state index contributed by atoms with van der Waals surface area (Å²) in [5.74, 6) is 0.325. The largest absolute Gasteiger partial charge is 0.431 e. The van der Waals surface area contributed by atoms with E-state index in [4.69, 9.17) is 4.74 Å². The van der Waals surface area contributed by atoms with Crippen molar-refractivity contribution in [2.24, 2.45) is 5.92 Å². The molecule has 0 aromatic rings. The van der Waals surface area contributed by atoms with Gasteiger partial charge >= 0.3 is 5.97 Å². The van der Waals surface area contributed by atoms with Crippen molar-refractivity contribution in [3.63, 3.8) is 0 Å². The van der Waals surface area contributed by atoms with Crippen molar-refractivity contribution in [3.05, 3.63) is 23.0 Å². The summed E-state index contributed by atoms with van der Waals surface area (Å²) in [6.07, 6.45) is 2.43. The molecule has 2 nitrogen and oxygen atoms in total. The summed E-state index contributed by atoms with van der Waals surface area (Å²) in [4.78, 5) is 11.5. The van der Waals surface area contributed by atoms with E-state index in [9.17, 15) is 4.79 Å². The van der Waals surface area contributed by atoms with Gasteiger partial charge in [0, 0.05) is 5.57 Å². The van der Waals surface area contributed by atoms with Crippen LogP contribution >= 0.6 is 0 Å². The van der Waals surface area contributed by atoms with Crippen LogP contribution in [-0.4, -0.2) is 5.97 Å². The summed E-state index contributed by atoms with van der Waals surface area (Å²) >= 11 is 0. The molecule has 0 aliphatic rings. The highest BCUT2D eigenvalue weighted by molar-refractivity contribution is 5.89. The lowest BCUT2D eigenvalue weighted by Gasteiger charge is -2.08. The first kappa shape index (κ1) is 13.9. The van der Waals surface area contributed by atoms with Crippen LogP contribution in [0.15, 0.2) is 23.0 Å². The first-order valence-electron chi connectivity index (χ1n) is 5.35. The minimum Gasteiger partial charge on any atom is -0.431 e. The van der Waals surface area contributed by atoms with Gasteiger partial charge in [-0.1, -0.05) is 19.4 Å². The SMILES string of the molecule is CC(C)=COC(=O)C(C)=C(C)CC(C)C. The van der Waals surface area contributed by atoms with Crippen molar-refractivity contribution in [2.75, 3.05) is 0 Å². The van der Waals surface area contributed by atoms with E-state index in [0.717, 1.165) is 23.1 Å². The van der Waals surface area contributed by atoms with Gasteiger partial charge in [-0.25, -0.2) is 4.79 Å². The second kappa shape index (κ2) is 6.44. The molecule has 0 spiro atoms. The fraction of sp³-hybridized carbons (Fsp3) is 0.615. The molecule has 0 saturated carbocycles. The Kier molecular flexibility index (Phi) is 5.99. The molecule has 0 saturated heterocycles. The van der Waals surface area contributed by atoms with Crippen LogP contribution in [0, 0.1) is 5.92 Å². The van der Waals surface area contributed by atoms with Crippen molar-refractivity contribution in [3.8, 4) is 0 Å². The normalized spacial score (nSPS) is 12.2. The number of ether oxygens (including phenoxy) is 1. The summed E-state index contributed by atoms with van der Waals surface area (Å²) in [6.45, 7) is 11.9. The van der Waals surface area contributed by atoms with E-state index in [1.165, 1.54) is 6.26 Å². The van der Waals surface area contributed by atoms with Crippen molar-refractivity contribution >= 4 is 5.97 Å². The van der Waals surface area contributed by atoms with Crippen LogP contribution in [0.4, 0.5) is 0 Å². The highest BCUT2D eigenvalue weighted by atomic mass is 16.5. The van der Waals surface area contributed by atoms with Crippen molar-refractivity contribution in [1.82, 2.24) is 0 Å². The quantitative estimate of drug-likeness (QED) is 0.400. The lowest BCUT2D eigenvalue weighted by molar-refractivity contribution is -0.133. The van der Waals surface area contributed by atoms with Gasteiger partial charge in [-0.15, -0.1) is 0 Å². The van der Waals surface area contributed by atoms with E-state index >= 15 is 0 Å². The number of rotatable bonds is 4. The van der Waals surface area contributed by atoms with Crippen molar-refractivity contribution in [1.29, 1.82) is 0 Å². The van der Waals surface area contributed by atoms with Gasteiger partial charge in [0.25, 0.3) is 0 Å². The van der Waals surface area contributed by atoms with E-state index in [2.05, 4.69) is 13.8 Å². The van der Waals surface area contributed by atoms with E-state index in [-0.39, 0.29) is 5.97 Å². The summed E-state index contributed by atoms with van der Waals surface area (Å²) < 4.78 is 5.01. The summed E-state index contributed by atoms with van der Waals surface area (Å²) in [5, 5.41) is 0. The van der Waals surface area contributed by atoms with Gasteiger partial charge in [-0.05, 0) is 45.6 Å². The van der Waals surface area contributed by atoms with E-state index < -0.39 is 0 Å². The third kappa shape index (κ3) is 6.10. The summed E-state index contributed by atoms with van der Waals surface area (Å²) in [7, 11) is 0. The standard InChI is InChI=1S/C13H22O2/c1-9(2)7-11(5)12(6)13(14)15-8-10(3)4/h8-9H,7H2,1-6H3. The van der Waals surface area contributed by atoms with Crippen LogP contribution in [0.25, 0.3) is 0 Å². The second-order valence-electron chi connectivity index (χ2n) is 4.60. The maximum atomic E-state index is 11.5. The Morgan fingerprint density at radius 3 is 2.13 bits per heavy atom. The molecule has 0 aromatic heterocycles. The lowest BCUT2D eigenvalue weighted by Crippen LogP contribution is -2.05. The minimum atomic E-state index is -0.241. The van der Waals surface area contributed by atoms with Crippen molar-refractivity contribution < 1.29 is 9.53 Å². The predicted octanol–water partition coefficient (Wildman–Crippen LogP) is 3.84. The van der Waals surface area contributed by atoms with Crippen LogP contribution in [0.5, 0.6) is 0 Å². The molecule has 0 rings (SSSR count). The van der Waals surface area contributed by atoms with Crippen LogP contribution in [0.1, 0.15) is 48.0 Å². The summed E-state index contributed by atoms with van der Waals surface area (Å²) in [5.41, 5.74) is 2.82. The molecular formula is C13H22O2. The molecule has 0 atom stereocenters. The zero-order chi connectivity index (χ0) is 12.0. The Bertz CT molecular complexity index is 279. The highest BCUT2D eigenvalue weighted by Gasteiger charge is 2.09. The van der Waals surface area contributed by atoms with Gasteiger partial charge < -0.3 is 4.74 Å². The minimum absolute atomic E-state index is 0.241. The zero-order valence-electron chi connectivity index (χ0n) is 10.7. The molecule has 0 N–H and O–H groups in total. The first-order valence-corrected chi connectivity index (χ1v) is 5.35. The zero-order valence-corrected chi connectivity index (χ0v) is 10.7. The number of carbonyl (C=O) groups is 1. The molecule has 15 heavy (non-hydrogen) atoms. The molecule has 0 aliphatic heterocycles. The number of esters is 1. The predicted molar refractivity (Wildman–Crippen MR) is 63.4 cm³/mol. The third-order valence-electron chi connectivity index (χ3n) is 2.06. The number of hydrogen-bond donors (Lipinski definition) is 0. The van der Waals surface area contributed by atoms with E-state index in [0.29, 0.717) is 5.92 Å². The Hall–Kier alpha value is -1.05. The van der Waals surface area contributed by atoms with Gasteiger partial charge in [0.05, 0.1) is 6.26 Å². The number of carbonyl (C=O) groups excluding carboxylic acids is 1. The van der Waals surface area contributed by atoms with Crippen LogP contribution in [-0.2, 0) is 9.53 Å². The lowest BCUT2D eigenvalue weighted by atomic mass is 10.0. The topological polar surface area (TPSA) is 26.3 Å². The Balaban J connectivity index is 4.48. The maximum Gasteiger partial charge on any atom is 0.338 e. The third-order valence-corrected chi connectivity index (χ3v) is 2.06. The second-order valence-corrected chi connectivity index (χ2v) is 4.60. The smallest absolute Gasteiger partial charge is 0.338 e. The van der Waals surface area contributed by atoms with Crippen LogP contribution in [0.2, 0.25) is 0 Å². The number of allylic oxidation sites excluding steroid dienone is 2. The molecule has 0 aromatic carbocycles. The first-order chi connectivity index (χ1) is 6.84. The molecule has 0 bridgehead atoms. The Morgan fingerprint density at radius 2 is 1.73 bits per heavy atom. The molecule has 0 radical (unpaired) electrons. The molecule has 0 amide bonds. The van der Waals surface area contributed by atoms with E-state index in [1.807, 2.05) is 27.7 Å². The Labute approximate surface area is 93.0 Å². The van der Waals surface area contributed by atoms with Gasteiger partial charge in [0.15, 0.2) is 0 Å². The Morgan fingerprint density at radius 1 is 1.20 bits per heavy atom. The monoisotopic (exact) mass is 210 g/mol. The molecule has 0 heterocycles. The highest BCUT2D eigenvalue weighted by Crippen LogP contribution is 2.15. The van der Waals surface area contributed by atoms with E-state index in [1.54, 1.807) is 0 Å². The molecule has 0 aliphatic carbocycles. The van der Waals surface area contributed by atoms with Crippen LogP contribution < -0.4 is 0 Å². The average molecular weight is 210 g/mol. The molecule has 0 fully saturated rings. The number of hydrogen-bond acceptors (Lipinski definition) is 2. The fourth-order valence-electron chi connectivity index (χ4n) is 1.20. The summed E-state index contributed by atoms with van der Waals surface area (Å²) in [6, 6.07) is 0. The van der Waals surface area contributed by atoms with Gasteiger partial charge in [-0.3, -0.25) is 0 Å². The van der Waals surface area contributed by atoms with Crippen molar-refractivity contribution in [2.45, 2.75) is 48.0 Å². The average Bonchev–Trinajstić information content (AvgIpc) is 2.11. The maximum absolute atomic E-state index is 11.5. The van der Waals surface area contributed by atoms with Gasteiger partial charge in [-0.2, -0.15) is 0 Å². The van der Waals surface area contributed by atoms with Gasteiger partial charge in [0.1, 0.15) is 0 Å². The molecular weight excluding hydrogens is 188 g/mol.